The summed E-state index contributed by atoms with van der Waals surface area (Å²) in [5.41, 5.74) is 6.50. The van der Waals surface area contributed by atoms with Gasteiger partial charge in [-0.05, 0) is 69.6 Å². The van der Waals surface area contributed by atoms with Crippen molar-refractivity contribution >= 4 is 51.3 Å². The Morgan fingerprint density at radius 3 is 2.20 bits per heavy atom. The molecule has 1 aliphatic carbocycles. The van der Waals surface area contributed by atoms with E-state index in [9.17, 15) is 18.8 Å². The second kappa shape index (κ2) is 27.0. The van der Waals surface area contributed by atoms with Crippen molar-refractivity contribution in [1.82, 2.24) is 4.57 Å². The second-order valence-corrected chi connectivity index (χ2v) is 8.45. The Hall–Kier alpha value is 0.604. The van der Waals surface area contributed by atoms with Gasteiger partial charge < -0.3 is 28.2 Å². The van der Waals surface area contributed by atoms with E-state index in [2.05, 4.69) is 73.8 Å². The number of rotatable bonds is 7. The van der Waals surface area contributed by atoms with Crippen molar-refractivity contribution in [2.24, 2.45) is 0 Å². The summed E-state index contributed by atoms with van der Waals surface area (Å²) in [7, 11) is 0. The number of alkyl halides is 1. The van der Waals surface area contributed by atoms with E-state index in [-0.39, 0.29) is 163 Å². The number of hydrogen-bond donors (Lipinski definition) is 0. The van der Waals surface area contributed by atoms with Gasteiger partial charge in [0, 0.05) is 11.2 Å². The fraction of sp³-hybridized carbons (Fsp3) is 0.310. The summed E-state index contributed by atoms with van der Waals surface area (Å²) in [6.07, 6.45) is 1.97. The Morgan fingerprint density at radius 1 is 1.05 bits per heavy atom. The molecule has 0 N–H and O–H groups in total. The van der Waals surface area contributed by atoms with Gasteiger partial charge in [0.2, 0.25) is 0 Å². The Balaban J connectivity index is 0. The van der Waals surface area contributed by atoms with Crippen LogP contribution >= 0.6 is 15.9 Å². The molecule has 0 spiro atoms. The molecule has 1 heterocycles. The van der Waals surface area contributed by atoms with E-state index in [4.69, 9.17) is 6.11 Å². The molecule has 0 aliphatic heterocycles. The monoisotopic (exact) mass is 873 g/mol. The van der Waals surface area contributed by atoms with Gasteiger partial charge in [-0.1, -0.05) is 70.0 Å². The van der Waals surface area contributed by atoms with Crippen LogP contribution in [-0.2, 0) is 46.6 Å². The summed E-state index contributed by atoms with van der Waals surface area (Å²) in [4.78, 5) is 37.5. The summed E-state index contributed by atoms with van der Waals surface area (Å²) in [6.45, 7) is 8.61. The Kier molecular flexibility index (Phi) is 27.4. The third-order valence-corrected chi connectivity index (χ3v) is 5.53. The van der Waals surface area contributed by atoms with E-state index in [0.29, 0.717) is 18.5 Å². The number of para-hydroxylation sites is 1. The maximum Gasteiger partial charge on any atom is 1.00 e. The molecule has 0 saturated carbocycles. The zero-order valence-corrected chi connectivity index (χ0v) is 38.6. The Labute approximate surface area is 368 Å². The van der Waals surface area contributed by atoms with E-state index in [1.807, 2.05) is 42.7 Å². The summed E-state index contributed by atoms with van der Waals surface area (Å²) in [6, 6.07) is 18.7. The Bertz CT molecular complexity index is 1270. The summed E-state index contributed by atoms with van der Waals surface area (Å²) in [5, 5.41) is 1.45. The van der Waals surface area contributed by atoms with Gasteiger partial charge in [-0.3, -0.25) is 14.4 Å². The molecule has 3 aromatic rings. The standard InChI is InChI=1S/C13H15NO2.C10H10.C4H7BrO2.C2H2FO3.2Cs/c1-3-16-13(15)9-14-10(2)8-11-6-4-5-7-12(11)14;1-8-6-9-4-2-3-5-10(9)7-8;1-2-7-4(6)3-5;3-1-5-6-2-4;;/h4-8H,3,9H2,1-2H3;2-6H,7H2,1H3;2-3H2,1H3;1-2H;;/q;;;-1;2*+1/i;;;2D;;. The van der Waals surface area contributed by atoms with Gasteiger partial charge in [0.1, 0.15) is 11.9 Å². The average molecular weight is 874 g/mol. The van der Waals surface area contributed by atoms with Gasteiger partial charge in [-0.15, -0.1) is 0 Å². The molecule has 212 valence electrons. The SMILES string of the molecule is CC1=Cc2ccccc2C1.CCOC(=O)CBr.CCOC(=O)Cn1c(C)cc2ccccc21.[2H]C(=O)OO[CH-]F.[Cs+].[Cs+]. The molecule has 2 aromatic carbocycles. The number of carbonyl (C=O) groups excluding carboxylic acids is 3. The smallest absolute Gasteiger partial charge is 0.465 e. The summed E-state index contributed by atoms with van der Waals surface area (Å²) >= 11 is 2.94. The van der Waals surface area contributed by atoms with Crippen LogP contribution in [0.2, 0.25) is 0 Å². The number of fused-ring (bicyclic) bond motifs is 2. The summed E-state index contributed by atoms with van der Waals surface area (Å²) in [5.74, 6) is -0.394. The van der Waals surface area contributed by atoms with Crippen LogP contribution < -0.4 is 138 Å². The minimum absolute atomic E-state index is 0. The number of carbonyl (C=O) groups is 3. The molecule has 0 bridgehead atoms. The van der Waals surface area contributed by atoms with E-state index < -0.39 is 6.45 Å². The molecule has 12 heteroatoms. The van der Waals surface area contributed by atoms with E-state index in [1.54, 1.807) is 6.92 Å². The predicted molar refractivity (Wildman–Crippen MR) is 151 cm³/mol. The quantitative estimate of drug-likeness (QED) is 0.0843. The van der Waals surface area contributed by atoms with Gasteiger partial charge in [0.25, 0.3) is 0 Å². The van der Waals surface area contributed by atoms with Gasteiger partial charge >= 0.3 is 156 Å². The molecule has 0 atom stereocenters. The zero-order valence-electron chi connectivity index (χ0n) is 25.4. The first kappa shape index (κ1) is 41.6. The first-order valence-electron chi connectivity index (χ1n) is 12.6. The predicted octanol–water partition coefficient (Wildman–Crippen LogP) is 0.291. The van der Waals surface area contributed by atoms with Crippen LogP contribution in [0.5, 0.6) is 0 Å². The van der Waals surface area contributed by atoms with Crippen LogP contribution in [-0.4, -0.2) is 41.5 Å². The van der Waals surface area contributed by atoms with Crippen LogP contribution in [0.15, 0.2) is 60.2 Å². The van der Waals surface area contributed by atoms with Gasteiger partial charge in [0.05, 0.1) is 13.2 Å². The molecular weight excluding hydrogens is 839 g/mol. The van der Waals surface area contributed by atoms with Gasteiger partial charge in [-0.2, -0.15) is 0 Å². The molecule has 41 heavy (non-hydrogen) atoms. The number of aromatic nitrogens is 1. The minimum atomic E-state index is -1.44. The number of halogens is 2. The van der Waals surface area contributed by atoms with Crippen molar-refractivity contribution in [3.8, 4) is 0 Å². The maximum absolute atomic E-state index is 11.5. The third-order valence-electron chi connectivity index (χ3n) is 5.07. The van der Waals surface area contributed by atoms with Gasteiger partial charge in [-0.25, -0.2) is 0 Å². The fourth-order valence-corrected chi connectivity index (χ4v) is 3.75. The summed E-state index contributed by atoms with van der Waals surface area (Å²) < 4.78 is 28.0. The zero-order chi connectivity index (χ0) is 29.9. The molecule has 0 fully saturated rings. The van der Waals surface area contributed by atoms with Crippen molar-refractivity contribution in [1.29, 1.82) is 0 Å². The van der Waals surface area contributed by atoms with E-state index in [1.165, 1.54) is 16.7 Å². The van der Waals surface area contributed by atoms with Crippen LogP contribution in [0.4, 0.5) is 4.39 Å². The molecule has 4 rings (SSSR count). The molecule has 0 unspecified atom stereocenters. The molecular formula is C29H34BrCs2FNO7+. The van der Waals surface area contributed by atoms with Crippen LogP contribution in [0, 0.1) is 13.8 Å². The number of hydrogen-bond acceptors (Lipinski definition) is 7. The molecule has 0 saturated heterocycles. The molecule has 0 radical (unpaired) electrons. The number of benzene rings is 2. The molecule has 1 aliphatic rings. The van der Waals surface area contributed by atoms with Crippen LogP contribution in [0.25, 0.3) is 17.0 Å². The largest absolute Gasteiger partial charge is 1.00 e. The third kappa shape index (κ3) is 18.2. The van der Waals surface area contributed by atoms with Crippen molar-refractivity contribution < 1.29 is 177 Å². The van der Waals surface area contributed by atoms with Crippen molar-refractivity contribution in [2.45, 2.75) is 40.7 Å². The van der Waals surface area contributed by atoms with E-state index >= 15 is 0 Å². The van der Waals surface area contributed by atoms with Crippen molar-refractivity contribution in [2.75, 3.05) is 18.5 Å². The number of esters is 2. The topological polar surface area (TPSA) is 93.1 Å². The molecule has 8 nitrogen and oxygen atoms in total. The number of ether oxygens (including phenoxy) is 2. The fourth-order valence-electron chi connectivity index (χ4n) is 3.58. The van der Waals surface area contributed by atoms with Gasteiger partial charge in [0.15, 0.2) is 1.37 Å². The second-order valence-electron chi connectivity index (χ2n) is 7.89. The number of allylic oxidation sites excluding steroid dienone is 1. The maximum atomic E-state index is 11.5. The first-order chi connectivity index (χ1) is 19.2. The van der Waals surface area contributed by atoms with E-state index in [0.717, 1.165) is 23.0 Å². The van der Waals surface area contributed by atoms with Crippen molar-refractivity contribution in [3.63, 3.8) is 0 Å². The molecule has 0 amide bonds. The average Bonchev–Trinajstić information content (AvgIpc) is 3.47. The molecule has 1 aromatic heterocycles. The Morgan fingerprint density at radius 2 is 1.66 bits per heavy atom. The van der Waals surface area contributed by atoms with Crippen molar-refractivity contribution in [3.05, 3.63) is 83.9 Å². The number of nitrogens with zero attached hydrogens (tertiary/aromatic N) is 1. The van der Waals surface area contributed by atoms with Crippen LogP contribution in [0.3, 0.4) is 0 Å². The number of aryl methyl sites for hydroxylation is 1. The normalized spacial score (nSPS) is 10.6. The first-order valence-corrected chi connectivity index (χ1v) is 13.2. The minimum Gasteiger partial charge on any atom is -0.465 e. The van der Waals surface area contributed by atoms with Crippen LogP contribution in [0.1, 0.15) is 39.0 Å².